The van der Waals surface area contributed by atoms with Crippen LogP contribution in [0.25, 0.3) is 0 Å². The monoisotopic (exact) mass is 723 g/mol. The van der Waals surface area contributed by atoms with Crippen molar-refractivity contribution in [2.24, 2.45) is 5.41 Å². The lowest BCUT2D eigenvalue weighted by molar-refractivity contribution is -0.142. The number of thioether (sulfide) groups is 1. The van der Waals surface area contributed by atoms with Gasteiger partial charge in [0.15, 0.2) is 15.6 Å². The number of carboxylic acids is 1. The van der Waals surface area contributed by atoms with Gasteiger partial charge in [0.2, 0.25) is 5.91 Å². The van der Waals surface area contributed by atoms with Gasteiger partial charge in [0, 0.05) is 30.1 Å². The van der Waals surface area contributed by atoms with Crippen LogP contribution < -0.4 is 20.5 Å². The number of aliphatic carboxylic acids is 1. The number of benzene rings is 3. The molecule has 0 spiro atoms. The Bertz CT molecular complexity index is 1710. The minimum Gasteiger partial charge on any atom is -0.480 e. The molecule has 4 rings (SSSR count). The summed E-state index contributed by atoms with van der Waals surface area (Å²) < 4.78 is 28.8. The molecule has 50 heavy (non-hydrogen) atoms. The molecule has 0 aromatic heterocycles. The number of anilines is 2. The smallest absolute Gasteiger partial charge is 0.326 e. The third-order valence-electron chi connectivity index (χ3n) is 9.26. The number of hydrogen-bond donors (Lipinski definition) is 3. The summed E-state index contributed by atoms with van der Waals surface area (Å²) in [5.41, 5.74) is 3.97. The van der Waals surface area contributed by atoms with E-state index in [2.05, 4.69) is 29.5 Å². The van der Waals surface area contributed by atoms with E-state index in [1.54, 1.807) is 37.3 Å². The van der Waals surface area contributed by atoms with E-state index >= 15 is 0 Å². The van der Waals surface area contributed by atoms with Gasteiger partial charge in [-0.1, -0.05) is 95.0 Å². The molecule has 10 nitrogen and oxygen atoms in total. The number of para-hydroxylation sites is 1. The quantitative estimate of drug-likeness (QED) is 0.0969. The van der Waals surface area contributed by atoms with Crippen LogP contribution in [-0.2, 0) is 24.2 Å². The fourth-order valence-electron chi connectivity index (χ4n) is 6.54. The number of amides is 2. The molecular formula is C38H49N3O7S2. The molecule has 0 saturated carbocycles. The number of fused-ring (bicyclic) bond motifs is 1. The van der Waals surface area contributed by atoms with E-state index < -0.39 is 45.0 Å². The molecule has 0 bridgehead atoms. The number of hydroxylamine groups is 1. The summed E-state index contributed by atoms with van der Waals surface area (Å²) in [4.78, 5) is 46.9. The maximum Gasteiger partial charge on any atom is 0.326 e. The first-order valence-corrected chi connectivity index (χ1v) is 20.2. The number of nitrogens with one attached hydrogen (secondary N) is 2. The van der Waals surface area contributed by atoms with Crippen LogP contribution in [0.15, 0.2) is 82.6 Å². The molecule has 0 radical (unpaired) electrons. The number of carbonyl (C=O) groups is 3. The highest BCUT2D eigenvalue weighted by Gasteiger charge is 2.42. The van der Waals surface area contributed by atoms with E-state index in [4.69, 9.17) is 4.84 Å². The third-order valence-corrected chi connectivity index (χ3v) is 12.0. The molecule has 1 aliphatic heterocycles. The van der Waals surface area contributed by atoms with Crippen LogP contribution in [0.4, 0.5) is 11.4 Å². The van der Waals surface area contributed by atoms with Crippen molar-refractivity contribution in [2.45, 2.75) is 93.9 Å². The molecule has 2 unspecified atom stereocenters. The summed E-state index contributed by atoms with van der Waals surface area (Å²) in [6.45, 7) is 6.45. The Hall–Kier alpha value is -4.03. The molecule has 2 amide bonds. The van der Waals surface area contributed by atoms with Gasteiger partial charge >= 0.3 is 5.97 Å². The molecule has 1 heterocycles. The number of carbonyl (C=O) groups excluding carboxylic acids is 2. The fourth-order valence-corrected chi connectivity index (χ4v) is 9.19. The van der Waals surface area contributed by atoms with Crippen LogP contribution in [0.5, 0.6) is 5.75 Å². The Morgan fingerprint density at radius 1 is 0.960 bits per heavy atom. The number of sulfone groups is 1. The molecular weight excluding hydrogens is 675 g/mol. The van der Waals surface area contributed by atoms with Gasteiger partial charge < -0.3 is 20.2 Å². The zero-order valence-corrected chi connectivity index (χ0v) is 30.9. The topological polar surface area (TPSA) is 142 Å². The molecule has 3 aromatic rings. The molecule has 270 valence electrons. The Morgan fingerprint density at radius 2 is 1.58 bits per heavy atom. The van der Waals surface area contributed by atoms with Crippen LogP contribution in [0.2, 0.25) is 0 Å². The summed E-state index contributed by atoms with van der Waals surface area (Å²) in [6.07, 6.45) is 7.05. The number of nitrogens with zero attached hydrogens (tertiary/aromatic N) is 1. The van der Waals surface area contributed by atoms with Crippen LogP contribution in [0, 0.1) is 5.41 Å². The Balaban J connectivity index is 1.68. The van der Waals surface area contributed by atoms with Crippen molar-refractivity contribution in [3.63, 3.8) is 0 Å². The zero-order chi connectivity index (χ0) is 36.3. The average molecular weight is 724 g/mol. The zero-order valence-electron chi connectivity index (χ0n) is 29.3. The maximum absolute atomic E-state index is 14.4. The van der Waals surface area contributed by atoms with Gasteiger partial charge in [-0.3, -0.25) is 9.59 Å². The third kappa shape index (κ3) is 9.60. The van der Waals surface area contributed by atoms with E-state index in [-0.39, 0.29) is 29.2 Å². The molecule has 2 atom stereocenters. The number of unbranched alkanes of at least 4 members (excludes halogenated alkanes) is 2. The van der Waals surface area contributed by atoms with Crippen LogP contribution in [-0.4, -0.2) is 55.9 Å². The van der Waals surface area contributed by atoms with Crippen molar-refractivity contribution >= 4 is 50.8 Å². The maximum atomic E-state index is 14.4. The van der Waals surface area contributed by atoms with Crippen molar-refractivity contribution < 1.29 is 32.7 Å². The molecule has 0 saturated heterocycles. The Labute approximate surface area is 300 Å². The second-order valence-electron chi connectivity index (χ2n) is 13.0. The lowest BCUT2D eigenvalue weighted by Gasteiger charge is -2.37. The van der Waals surface area contributed by atoms with Crippen molar-refractivity contribution in [1.29, 1.82) is 0 Å². The summed E-state index contributed by atoms with van der Waals surface area (Å²) >= 11 is 1.36. The minimum atomic E-state index is -3.81. The first-order chi connectivity index (χ1) is 24.0. The van der Waals surface area contributed by atoms with Gasteiger partial charge in [0.05, 0.1) is 27.1 Å². The lowest BCUT2D eigenvalue weighted by Crippen LogP contribution is -2.43. The molecule has 0 fully saturated rings. The lowest BCUT2D eigenvalue weighted by atomic mass is 9.79. The average Bonchev–Trinajstić information content (AvgIpc) is 3.21. The summed E-state index contributed by atoms with van der Waals surface area (Å²) in [5, 5.41) is 12.0. The Kier molecular flexibility index (Phi) is 13.8. The largest absolute Gasteiger partial charge is 0.480 e. The number of hydrogen-bond acceptors (Lipinski definition) is 8. The number of carboxylic acid groups (broad SMARTS) is 1. The van der Waals surface area contributed by atoms with Crippen molar-refractivity contribution in [2.75, 3.05) is 23.5 Å². The highest BCUT2D eigenvalue weighted by Crippen LogP contribution is 2.47. The van der Waals surface area contributed by atoms with E-state index in [0.29, 0.717) is 22.7 Å². The highest BCUT2D eigenvalue weighted by molar-refractivity contribution is 7.98. The van der Waals surface area contributed by atoms with Crippen LogP contribution >= 0.6 is 11.8 Å². The van der Waals surface area contributed by atoms with Crippen LogP contribution in [0.3, 0.4) is 0 Å². The van der Waals surface area contributed by atoms with Crippen molar-refractivity contribution in [3.8, 4) is 5.75 Å². The summed E-state index contributed by atoms with van der Waals surface area (Å²) in [5.74, 6) is -3.21. The Morgan fingerprint density at radius 3 is 2.14 bits per heavy atom. The van der Waals surface area contributed by atoms with Gasteiger partial charge in [-0.2, -0.15) is 5.48 Å². The summed E-state index contributed by atoms with van der Waals surface area (Å²) in [6, 6.07) is 20.7. The fraction of sp³-hybridized carbons (Fsp3) is 0.447. The second-order valence-corrected chi connectivity index (χ2v) is 15.8. The molecule has 3 aromatic carbocycles. The predicted molar refractivity (Wildman–Crippen MR) is 198 cm³/mol. The molecule has 3 N–H and O–H groups in total. The number of rotatable bonds is 17. The van der Waals surface area contributed by atoms with Crippen molar-refractivity contribution in [3.05, 3.63) is 78.4 Å². The van der Waals surface area contributed by atoms with Crippen molar-refractivity contribution in [1.82, 2.24) is 10.8 Å². The highest BCUT2D eigenvalue weighted by atomic mass is 32.2. The normalized spacial score (nSPS) is 16.0. The van der Waals surface area contributed by atoms with Gasteiger partial charge in [-0.25, -0.2) is 13.2 Å². The standard InChI is InChI=1S/C38H49N3O7S2/c1-5-8-20-38(21-9-6-2)25-41(28-18-14-11-15-19-28)31-23-33(49-4)32(24-34(31)50(46,47)26-38)48-40-35(42)22-29(27-16-12-10-13-17-27)36(43)39-30(7-3)37(44)45/h10-19,23-24,29-30H,5-9,20-22,25-26H2,1-4H3,(H,39,43)(H,40,42)(H,44,45). The first kappa shape index (κ1) is 38.8. The molecule has 12 heteroatoms. The summed E-state index contributed by atoms with van der Waals surface area (Å²) in [7, 11) is -3.81. The SMILES string of the molecule is CCCCC1(CCCC)CN(c2ccccc2)c2cc(SC)c(ONC(=O)CC(C(=O)NC(CC)C(=O)O)c3ccccc3)cc2S(=O)(=O)C1. The van der Waals surface area contributed by atoms with E-state index in [0.717, 1.165) is 44.2 Å². The van der Waals surface area contributed by atoms with Gasteiger partial charge in [0.1, 0.15) is 6.04 Å². The second kappa shape index (κ2) is 17.8. The van der Waals surface area contributed by atoms with E-state index in [9.17, 15) is 27.9 Å². The van der Waals surface area contributed by atoms with E-state index in [1.807, 2.05) is 42.7 Å². The van der Waals surface area contributed by atoms with Gasteiger partial charge in [-0.15, -0.1) is 11.8 Å². The van der Waals surface area contributed by atoms with Gasteiger partial charge in [-0.05, 0) is 49.3 Å². The molecule has 1 aliphatic rings. The van der Waals surface area contributed by atoms with E-state index in [1.165, 1.54) is 17.8 Å². The first-order valence-electron chi connectivity index (χ1n) is 17.3. The molecule has 0 aliphatic carbocycles. The van der Waals surface area contributed by atoms with Crippen LogP contribution in [0.1, 0.15) is 83.6 Å². The predicted octanol–water partition coefficient (Wildman–Crippen LogP) is 7.26. The van der Waals surface area contributed by atoms with Gasteiger partial charge in [0.25, 0.3) is 5.91 Å². The minimum absolute atomic E-state index is 0.00368.